The Kier molecular flexibility index (Phi) is 8.46. The molecule has 2 aromatic rings. The third-order valence-corrected chi connectivity index (χ3v) is 7.39. The molecular weight excluding hydrogens is 466 g/mol. The van der Waals surface area contributed by atoms with Crippen molar-refractivity contribution in [2.75, 3.05) is 56.2 Å². The summed E-state index contributed by atoms with van der Waals surface area (Å²) >= 11 is 6.49. The van der Waals surface area contributed by atoms with Gasteiger partial charge in [-0.1, -0.05) is 23.7 Å². The minimum Gasteiger partial charge on any atom is -0.462 e. The van der Waals surface area contributed by atoms with E-state index in [1.807, 2.05) is 32.0 Å². The number of β-amino-alcohol motifs (C(OH)–C–C–N with tert-alkyl or cyclic N) is 1. The summed E-state index contributed by atoms with van der Waals surface area (Å²) in [5, 5.41) is 13.3. The van der Waals surface area contributed by atoms with E-state index in [1.165, 1.54) is 12.8 Å². The number of hydrogen-bond donors (Lipinski definition) is 2. The topological polar surface area (TPSA) is 90.8 Å². The molecule has 0 aliphatic carbocycles. The molecule has 3 heterocycles. The van der Waals surface area contributed by atoms with Crippen LogP contribution in [0.5, 0.6) is 0 Å². The normalized spacial score (nSPS) is 19.8. The largest absolute Gasteiger partial charge is 0.462 e. The van der Waals surface area contributed by atoms with Gasteiger partial charge in [0.05, 0.1) is 19.3 Å². The summed E-state index contributed by atoms with van der Waals surface area (Å²) < 4.78 is 5.24. The molecule has 0 saturated carbocycles. The molecule has 2 fully saturated rings. The molecule has 4 rings (SSSR count). The van der Waals surface area contributed by atoms with Crippen molar-refractivity contribution < 1.29 is 14.6 Å². The lowest BCUT2D eigenvalue weighted by Crippen LogP contribution is -2.54. The fourth-order valence-corrected chi connectivity index (χ4v) is 5.45. The minimum atomic E-state index is -0.448. The zero-order valence-corrected chi connectivity index (χ0v) is 21.6. The van der Waals surface area contributed by atoms with Gasteiger partial charge < -0.3 is 25.0 Å². The monoisotopic (exact) mass is 501 g/mol. The van der Waals surface area contributed by atoms with Crippen molar-refractivity contribution in [3.05, 3.63) is 46.1 Å². The summed E-state index contributed by atoms with van der Waals surface area (Å²) in [6.07, 6.45) is 3.97. The van der Waals surface area contributed by atoms with E-state index < -0.39 is 5.97 Å². The lowest BCUT2D eigenvalue weighted by Gasteiger charge is -2.46. The summed E-state index contributed by atoms with van der Waals surface area (Å²) in [5.41, 5.74) is 2.34. The van der Waals surface area contributed by atoms with E-state index >= 15 is 0 Å². The van der Waals surface area contributed by atoms with E-state index in [-0.39, 0.29) is 19.3 Å². The van der Waals surface area contributed by atoms with Gasteiger partial charge in [0.2, 0.25) is 5.95 Å². The first-order valence-electron chi connectivity index (χ1n) is 12.5. The number of benzene rings is 1. The van der Waals surface area contributed by atoms with Gasteiger partial charge in [0.25, 0.3) is 0 Å². The van der Waals surface area contributed by atoms with Gasteiger partial charge in [-0.3, -0.25) is 0 Å². The second kappa shape index (κ2) is 11.5. The lowest BCUT2D eigenvalue weighted by molar-refractivity contribution is 0.0526. The SMILES string of the molecule is CCOC(=O)c1cnc(N2CC(C3CCCN(CCO)C3)C2)nc1NC(C)c1ccc(C)cc1Cl. The predicted octanol–water partition coefficient (Wildman–Crippen LogP) is 3.93. The first-order valence-corrected chi connectivity index (χ1v) is 12.9. The number of aliphatic hydroxyl groups excluding tert-OH is 1. The van der Waals surface area contributed by atoms with Crippen molar-refractivity contribution in [3.8, 4) is 0 Å². The van der Waals surface area contributed by atoms with E-state index in [9.17, 15) is 9.90 Å². The molecule has 2 N–H and O–H groups in total. The molecule has 2 aliphatic rings. The van der Waals surface area contributed by atoms with Gasteiger partial charge in [0.1, 0.15) is 11.4 Å². The Labute approximate surface area is 212 Å². The summed E-state index contributed by atoms with van der Waals surface area (Å²) in [6.45, 7) is 10.9. The smallest absolute Gasteiger partial charge is 0.343 e. The number of carbonyl (C=O) groups is 1. The highest BCUT2D eigenvalue weighted by molar-refractivity contribution is 6.31. The van der Waals surface area contributed by atoms with E-state index in [0.717, 1.165) is 43.9 Å². The molecule has 0 amide bonds. The molecular formula is C26H36ClN5O3. The second-order valence-electron chi connectivity index (χ2n) is 9.64. The summed E-state index contributed by atoms with van der Waals surface area (Å²) in [6, 6.07) is 5.78. The number of nitrogens with one attached hydrogen (secondary N) is 1. The maximum Gasteiger partial charge on any atom is 0.343 e. The highest BCUT2D eigenvalue weighted by atomic mass is 35.5. The number of likely N-dealkylation sites (tertiary alicyclic amines) is 1. The Bertz CT molecular complexity index is 1030. The van der Waals surface area contributed by atoms with Gasteiger partial charge in [-0.05, 0) is 69.2 Å². The average molecular weight is 502 g/mol. The van der Waals surface area contributed by atoms with Crippen LogP contribution >= 0.6 is 11.6 Å². The Morgan fingerprint density at radius 2 is 2.11 bits per heavy atom. The van der Waals surface area contributed by atoms with Crippen LogP contribution in [0.25, 0.3) is 0 Å². The van der Waals surface area contributed by atoms with Gasteiger partial charge in [-0.15, -0.1) is 0 Å². The summed E-state index contributed by atoms with van der Waals surface area (Å²) in [4.78, 5) is 26.4. The van der Waals surface area contributed by atoms with Crippen LogP contribution < -0.4 is 10.2 Å². The number of anilines is 2. The molecule has 190 valence electrons. The first kappa shape index (κ1) is 25.7. The van der Waals surface area contributed by atoms with Crippen molar-refractivity contribution in [1.29, 1.82) is 0 Å². The lowest BCUT2D eigenvalue weighted by atomic mass is 9.81. The average Bonchev–Trinajstić information content (AvgIpc) is 2.79. The van der Waals surface area contributed by atoms with Crippen molar-refractivity contribution in [2.24, 2.45) is 11.8 Å². The Morgan fingerprint density at radius 1 is 1.31 bits per heavy atom. The van der Waals surface area contributed by atoms with Crippen molar-refractivity contribution in [2.45, 2.75) is 39.7 Å². The number of nitrogens with zero attached hydrogens (tertiary/aromatic N) is 4. The third kappa shape index (κ3) is 6.05. The molecule has 0 spiro atoms. The van der Waals surface area contributed by atoms with Crippen LogP contribution in [0.4, 0.5) is 11.8 Å². The van der Waals surface area contributed by atoms with Crippen LogP contribution in [0.1, 0.15) is 54.2 Å². The highest BCUT2D eigenvalue weighted by Crippen LogP contribution is 2.34. The molecule has 2 saturated heterocycles. The number of ether oxygens (including phenoxy) is 1. The number of aryl methyl sites for hydroxylation is 1. The number of piperidine rings is 1. The summed E-state index contributed by atoms with van der Waals surface area (Å²) in [5.74, 6) is 1.84. The first-order chi connectivity index (χ1) is 16.9. The minimum absolute atomic E-state index is 0.164. The molecule has 2 aliphatic heterocycles. The number of esters is 1. The van der Waals surface area contributed by atoms with E-state index in [2.05, 4.69) is 20.1 Å². The zero-order chi connectivity index (χ0) is 24.9. The van der Waals surface area contributed by atoms with E-state index in [1.54, 1.807) is 13.1 Å². The highest BCUT2D eigenvalue weighted by Gasteiger charge is 2.37. The van der Waals surface area contributed by atoms with Crippen molar-refractivity contribution in [1.82, 2.24) is 14.9 Å². The molecule has 0 bridgehead atoms. The van der Waals surface area contributed by atoms with Gasteiger partial charge in [0.15, 0.2) is 0 Å². The van der Waals surface area contributed by atoms with E-state index in [0.29, 0.717) is 34.2 Å². The van der Waals surface area contributed by atoms with E-state index in [4.69, 9.17) is 21.3 Å². The number of aromatic nitrogens is 2. The van der Waals surface area contributed by atoms with Gasteiger partial charge in [-0.25, -0.2) is 9.78 Å². The number of rotatable bonds is 9. The van der Waals surface area contributed by atoms with Gasteiger partial charge >= 0.3 is 5.97 Å². The van der Waals surface area contributed by atoms with Crippen molar-refractivity contribution >= 4 is 29.3 Å². The maximum absolute atomic E-state index is 12.6. The number of hydrogen-bond acceptors (Lipinski definition) is 8. The quantitative estimate of drug-likeness (QED) is 0.499. The molecule has 1 aromatic carbocycles. The summed E-state index contributed by atoms with van der Waals surface area (Å²) in [7, 11) is 0. The second-order valence-corrected chi connectivity index (χ2v) is 10.0. The number of aliphatic hydroxyl groups is 1. The van der Waals surface area contributed by atoms with Gasteiger partial charge in [0, 0.05) is 37.4 Å². The fourth-order valence-electron chi connectivity index (χ4n) is 5.05. The van der Waals surface area contributed by atoms with Crippen LogP contribution in [-0.4, -0.2) is 71.9 Å². The van der Waals surface area contributed by atoms with Crippen LogP contribution in [0, 0.1) is 18.8 Å². The molecule has 1 aromatic heterocycles. The molecule has 35 heavy (non-hydrogen) atoms. The fraction of sp³-hybridized carbons (Fsp3) is 0.577. The molecule has 0 radical (unpaired) electrons. The van der Waals surface area contributed by atoms with Crippen LogP contribution in [0.15, 0.2) is 24.4 Å². The molecule has 2 atom stereocenters. The molecule has 8 nitrogen and oxygen atoms in total. The molecule has 2 unspecified atom stereocenters. The zero-order valence-electron chi connectivity index (χ0n) is 20.8. The number of carbonyl (C=O) groups excluding carboxylic acids is 1. The van der Waals surface area contributed by atoms with Crippen LogP contribution in [0.2, 0.25) is 5.02 Å². The Morgan fingerprint density at radius 3 is 2.83 bits per heavy atom. The maximum atomic E-state index is 12.6. The van der Waals surface area contributed by atoms with Crippen LogP contribution in [-0.2, 0) is 4.74 Å². The predicted molar refractivity (Wildman–Crippen MR) is 138 cm³/mol. The Balaban J connectivity index is 1.48. The van der Waals surface area contributed by atoms with Crippen LogP contribution in [0.3, 0.4) is 0 Å². The third-order valence-electron chi connectivity index (χ3n) is 7.06. The standard InChI is InChI=1S/C26H36ClN5O3/c1-4-35-25(34)22-13-28-26(30-24(22)29-18(3)21-8-7-17(2)12-23(21)27)32-15-20(16-32)19-6-5-9-31(14-19)10-11-33/h7-8,12-13,18-20,33H,4-6,9-11,14-16H2,1-3H3,(H,28,29,30). The number of halogens is 1. The van der Waals surface area contributed by atoms with Crippen molar-refractivity contribution in [3.63, 3.8) is 0 Å². The Hall–Kier alpha value is -2.42. The van der Waals surface area contributed by atoms with Gasteiger partial charge in [-0.2, -0.15) is 4.98 Å². The molecule has 9 heteroatoms.